The van der Waals surface area contributed by atoms with Crippen molar-refractivity contribution in [3.8, 4) is 0 Å². The van der Waals surface area contributed by atoms with Crippen LogP contribution in [0, 0.1) is 5.82 Å². The maximum Gasteiger partial charge on any atom is 0.319 e. The number of amides is 3. The van der Waals surface area contributed by atoms with Gasteiger partial charge in [0.2, 0.25) is 5.91 Å². The molecule has 1 heterocycles. The van der Waals surface area contributed by atoms with Crippen molar-refractivity contribution in [2.45, 2.75) is 12.5 Å². The fraction of sp³-hybridized carbons (Fsp3) is 0.176. The minimum Gasteiger partial charge on any atom is -0.333 e. The highest BCUT2D eigenvalue weighted by Gasteiger charge is 2.31. The lowest BCUT2D eigenvalue weighted by atomic mass is 10.2. The van der Waals surface area contributed by atoms with Crippen molar-refractivity contribution in [3.63, 3.8) is 0 Å². The molecule has 0 bridgehead atoms. The van der Waals surface area contributed by atoms with Crippen LogP contribution in [0.15, 0.2) is 48.5 Å². The minimum atomic E-state index is -0.546. The molecule has 24 heavy (non-hydrogen) atoms. The van der Waals surface area contributed by atoms with Crippen LogP contribution in [0.1, 0.15) is 6.42 Å². The number of hydrogen-bond acceptors (Lipinski definition) is 2. The van der Waals surface area contributed by atoms with Crippen LogP contribution in [0.25, 0.3) is 0 Å². The second-order valence-corrected chi connectivity index (χ2v) is 5.90. The van der Waals surface area contributed by atoms with E-state index in [0.717, 1.165) is 5.69 Å². The molecule has 0 aromatic heterocycles. The third-order valence-corrected chi connectivity index (χ3v) is 3.97. The number of hydrogen-bond donors (Lipinski definition) is 2. The molecule has 1 saturated heterocycles. The van der Waals surface area contributed by atoms with Crippen LogP contribution in [-0.2, 0) is 4.79 Å². The lowest BCUT2D eigenvalue weighted by Crippen LogP contribution is -2.39. The van der Waals surface area contributed by atoms with Crippen molar-refractivity contribution < 1.29 is 14.0 Å². The highest BCUT2D eigenvalue weighted by molar-refractivity contribution is 6.30. The summed E-state index contributed by atoms with van der Waals surface area (Å²) < 4.78 is 13.5. The fourth-order valence-electron chi connectivity index (χ4n) is 2.58. The van der Waals surface area contributed by atoms with Crippen LogP contribution in [0.2, 0.25) is 5.02 Å². The maximum atomic E-state index is 13.5. The molecule has 124 valence electrons. The Morgan fingerprint density at radius 3 is 2.58 bits per heavy atom. The standard InChI is InChI=1S/C17H15ClFN3O2/c18-11-5-7-13(8-6-11)22-10-12(9-16(22)23)20-17(24)21-15-4-2-1-3-14(15)19/h1-8,12H,9-10H2,(H2,20,21,24). The number of carbonyl (C=O) groups is 2. The monoisotopic (exact) mass is 347 g/mol. The number of anilines is 2. The number of urea groups is 1. The molecule has 0 saturated carbocycles. The predicted molar refractivity (Wildman–Crippen MR) is 90.8 cm³/mol. The number of nitrogens with one attached hydrogen (secondary N) is 2. The molecule has 0 spiro atoms. The molecular formula is C17H15ClFN3O2. The third-order valence-electron chi connectivity index (χ3n) is 3.72. The highest BCUT2D eigenvalue weighted by Crippen LogP contribution is 2.23. The summed E-state index contributed by atoms with van der Waals surface area (Å²) in [5.74, 6) is -0.605. The molecule has 0 radical (unpaired) electrons. The fourth-order valence-corrected chi connectivity index (χ4v) is 2.71. The molecule has 1 unspecified atom stereocenters. The molecule has 7 heteroatoms. The Balaban J connectivity index is 1.61. The van der Waals surface area contributed by atoms with E-state index in [0.29, 0.717) is 11.6 Å². The van der Waals surface area contributed by atoms with E-state index >= 15 is 0 Å². The Bertz CT molecular complexity index is 767. The molecule has 1 aliphatic heterocycles. The predicted octanol–water partition coefficient (Wildman–Crippen LogP) is 3.41. The van der Waals surface area contributed by atoms with Crippen molar-refractivity contribution in [3.05, 3.63) is 59.4 Å². The van der Waals surface area contributed by atoms with E-state index in [2.05, 4.69) is 10.6 Å². The van der Waals surface area contributed by atoms with E-state index in [1.165, 1.54) is 18.2 Å². The number of para-hydroxylation sites is 1. The number of benzene rings is 2. The van der Waals surface area contributed by atoms with Crippen LogP contribution in [0.4, 0.5) is 20.6 Å². The Morgan fingerprint density at radius 1 is 1.17 bits per heavy atom. The second-order valence-electron chi connectivity index (χ2n) is 5.46. The van der Waals surface area contributed by atoms with E-state index in [1.54, 1.807) is 35.2 Å². The minimum absolute atomic E-state index is 0.0893. The summed E-state index contributed by atoms with van der Waals surface area (Å²) in [7, 11) is 0. The molecule has 2 aromatic carbocycles. The summed E-state index contributed by atoms with van der Waals surface area (Å²) in [6.45, 7) is 0.352. The summed E-state index contributed by atoms with van der Waals surface area (Å²) in [4.78, 5) is 25.7. The molecule has 0 aliphatic carbocycles. The van der Waals surface area contributed by atoms with Crippen molar-refractivity contribution in [1.29, 1.82) is 0 Å². The normalized spacial score (nSPS) is 17.0. The van der Waals surface area contributed by atoms with Crippen molar-refractivity contribution in [2.24, 2.45) is 0 Å². The summed E-state index contributed by atoms with van der Waals surface area (Å²) >= 11 is 5.84. The Hall–Kier alpha value is -2.60. The van der Waals surface area contributed by atoms with Gasteiger partial charge < -0.3 is 15.5 Å². The van der Waals surface area contributed by atoms with E-state index in [4.69, 9.17) is 11.6 Å². The zero-order valence-corrected chi connectivity index (χ0v) is 13.4. The van der Waals surface area contributed by atoms with Gasteiger partial charge in [0.05, 0.1) is 11.7 Å². The van der Waals surface area contributed by atoms with Crippen LogP contribution in [-0.4, -0.2) is 24.5 Å². The topological polar surface area (TPSA) is 61.4 Å². The van der Waals surface area contributed by atoms with Gasteiger partial charge in [0.15, 0.2) is 0 Å². The number of carbonyl (C=O) groups excluding carboxylic acids is 2. The van der Waals surface area contributed by atoms with Crippen LogP contribution in [0.3, 0.4) is 0 Å². The largest absolute Gasteiger partial charge is 0.333 e. The van der Waals surface area contributed by atoms with Crippen molar-refractivity contribution in [1.82, 2.24) is 5.32 Å². The molecule has 1 aliphatic rings. The Morgan fingerprint density at radius 2 is 1.88 bits per heavy atom. The van der Waals surface area contributed by atoms with E-state index < -0.39 is 11.8 Å². The van der Waals surface area contributed by atoms with E-state index in [-0.39, 0.29) is 24.1 Å². The third kappa shape index (κ3) is 3.65. The molecule has 5 nitrogen and oxygen atoms in total. The van der Waals surface area contributed by atoms with Gasteiger partial charge in [-0.2, -0.15) is 0 Å². The molecule has 2 aromatic rings. The number of nitrogens with zero attached hydrogens (tertiary/aromatic N) is 1. The van der Waals surface area contributed by atoms with Gasteiger partial charge in [-0.1, -0.05) is 23.7 Å². The molecule has 3 amide bonds. The molecule has 3 rings (SSSR count). The first kappa shape index (κ1) is 16.3. The maximum absolute atomic E-state index is 13.5. The average Bonchev–Trinajstić information content (AvgIpc) is 2.90. The smallest absolute Gasteiger partial charge is 0.319 e. The summed E-state index contributed by atoms with van der Waals surface area (Å²) in [6.07, 6.45) is 0.188. The van der Waals surface area contributed by atoms with Crippen LogP contribution in [0.5, 0.6) is 0 Å². The van der Waals surface area contributed by atoms with Gasteiger partial charge in [-0.15, -0.1) is 0 Å². The Labute approximate surface area is 143 Å². The Kier molecular flexibility index (Phi) is 4.66. The molecule has 2 N–H and O–H groups in total. The van der Waals surface area contributed by atoms with E-state index in [9.17, 15) is 14.0 Å². The lowest BCUT2D eigenvalue weighted by molar-refractivity contribution is -0.117. The highest BCUT2D eigenvalue weighted by atomic mass is 35.5. The first-order chi connectivity index (χ1) is 11.5. The molecule has 1 fully saturated rings. The van der Waals surface area contributed by atoms with Gasteiger partial charge in [0.25, 0.3) is 0 Å². The van der Waals surface area contributed by atoms with Gasteiger partial charge in [-0.3, -0.25) is 4.79 Å². The number of halogens is 2. The second kappa shape index (κ2) is 6.88. The average molecular weight is 348 g/mol. The molecular weight excluding hydrogens is 333 g/mol. The van der Waals surface area contributed by atoms with E-state index in [1.807, 2.05) is 0 Å². The first-order valence-corrected chi connectivity index (χ1v) is 7.79. The van der Waals surface area contributed by atoms with Crippen molar-refractivity contribution >= 4 is 34.9 Å². The van der Waals surface area contributed by atoms with Crippen molar-refractivity contribution in [2.75, 3.05) is 16.8 Å². The first-order valence-electron chi connectivity index (χ1n) is 7.41. The summed E-state index contributed by atoms with van der Waals surface area (Å²) in [5, 5.41) is 5.72. The summed E-state index contributed by atoms with van der Waals surface area (Å²) in [5.41, 5.74) is 0.817. The van der Waals surface area contributed by atoms with Gasteiger partial charge in [-0.25, -0.2) is 9.18 Å². The zero-order chi connectivity index (χ0) is 17.1. The summed E-state index contributed by atoms with van der Waals surface area (Å²) in [6, 6.07) is 11.9. The van der Waals surface area contributed by atoms with Gasteiger partial charge >= 0.3 is 6.03 Å². The van der Waals surface area contributed by atoms with Crippen LogP contribution < -0.4 is 15.5 Å². The van der Waals surface area contributed by atoms with Gasteiger partial charge in [-0.05, 0) is 36.4 Å². The number of rotatable bonds is 3. The SMILES string of the molecule is O=C(Nc1ccccc1F)NC1CC(=O)N(c2ccc(Cl)cc2)C1. The quantitative estimate of drug-likeness (QED) is 0.893. The molecule has 1 atom stereocenters. The van der Waals surface area contributed by atoms with Gasteiger partial charge in [0, 0.05) is 23.7 Å². The lowest BCUT2D eigenvalue weighted by Gasteiger charge is -2.17. The zero-order valence-electron chi connectivity index (χ0n) is 12.6. The van der Waals surface area contributed by atoms with Crippen LogP contribution >= 0.6 is 11.6 Å². The van der Waals surface area contributed by atoms with Gasteiger partial charge in [0.1, 0.15) is 5.82 Å².